The lowest BCUT2D eigenvalue weighted by atomic mass is 10.5. The predicted molar refractivity (Wildman–Crippen MR) is 70.7 cm³/mol. The molecule has 6 N–H and O–H groups in total. The molecule has 0 aromatic carbocycles. The van der Waals surface area contributed by atoms with Gasteiger partial charge in [0.25, 0.3) is 0 Å². The standard InChI is InChI=1S/C8H12N4S3.ClH/c9-7(10)13-3-5-1-2-6(15-5)4-14-8(11)12;/h1-2H,3-4H2,(H3,9,10)(H3,11,12);1H/p-1. The zero-order valence-corrected chi connectivity index (χ0v) is 11.5. The second-order valence-corrected chi connectivity index (χ2v) is 5.96. The molecule has 16 heavy (non-hydrogen) atoms. The number of halogens is 1. The van der Waals surface area contributed by atoms with E-state index in [0.29, 0.717) is 0 Å². The molecule has 1 rings (SSSR count). The first-order valence-corrected chi connectivity index (χ1v) is 6.88. The average molecular weight is 296 g/mol. The van der Waals surface area contributed by atoms with Crippen molar-refractivity contribution in [3.63, 3.8) is 0 Å². The lowest BCUT2D eigenvalue weighted by Crippen LogP contribution is -3.00. The third-order valence-corrected chi connectivity index (χ3v) is 4.44. The summed E-state index contributed by atoms with van der Waals surface area (Å²) in [7, 11) is 0. The normalized spacial score (nSPS) is 9.50. The molecule has 0 bridgehead atoms. The molecule has 0 aliphatic rings. The fourth-order valence-corrected chi connectivity index (χ4v) is 3.10. The Kier molecular flexibility index (Phi) is 7.65. The number of thiophene rings is 1. The van der Waals surface area contributed by atoms with Gasteiger partial charge in [0.05, 0.1) is 0 Å². The van der Waals surface area contributed by atoms with Crippen molar-refractivity contribution in [1.29, 1.82) is 10.8 Å². The minimum absolute atomic E-state index is 0. The highest BCUT2D eigenvalue weighted by Crippen LogP contribution is 2.24. The lowest BCUT2D eigenvalue weighted by Gasteiger charge is -1.95. The molecule has 90 valence electrons. The van der Waals surface area contributed by atoms with Gasteiger partial charge in [-0.2, -0.15) is 0 Å². The van der Waals surface area contributed by atoms with Crippen LogP contribution < -0.4 is 23.9 Å². The Balaban J connectivity index is 0.00000225. The van der Waals surface area contributed by atoms with E-state index in [0.717, 1.165) is 11.5 Å². The van der Waals surface area contributed by atoms with Gasteiger partial charge in [-0.05, 0) is 12.1 Å². The van der Waals surface area contributed by atoms with Crippen molar-refractivity contribution in [1.82, 2.24) is 0 Å². The van der Waals surface area contributed by atoms with Crippen molar-refractivity contribution >= 4 is 45.2 Å². The van der Waals surface area contributed by atoms with Gasteiger partial charge >= 0.3 is 0 Å². The number of thioether (sulfide) groups is 2. The largest absolute Gasteiger partial charge is 1.00 e. The van der Waals surface area contributed by atoms with E-state index in [2.05, 4.69) is 0 Å². The van der Waals surface area contributed by atoms with Crippen molar-refractivity contribution < 1.29 is 12.4 Å². The van der Waals surface area contributed by atoms with E-state index in [1.807, 2.05) is 12.1 Å². The molecule has 4 nitrogen and oxygen atoms in total. The van der Waals surface area contributed by atoms with E-state index in [1.54, 1.807) is 11.3 Å². The third kappa shape index (κ3) is 6.26. The van der Waals surface area contributed by atoms with Crippen LogP contribution in [0.4, 0.5) is 0 Å². The minimum atomic E-state index is 0. The Morgan fingerprint density at radius 3 is 1.75 bits per heavy atom. The molecule has 0 saturated carbocycles. The molecule has 0 atom stereocenters. The van der Waals surface area contributed by atoms with Gasteiger partial charge in [-0.25, -0.2) is 0 Å². The Labute approximate surface area is 113 Å². The molecule has 8 heteroatoms. The molecule has 1 aromatic rings. The molecule has 0 unspecified atom stereocenters. The van der Waals surface area contributed by atoms with E-state index in [9.17, 15) is 0 Å². The summed E-state index contributed by atoms with van der Waals surface area (Å²) in [6.07, 6.45) is 0. The maximum Gasteiger partial charge on any atom is 0.151 e. The van der Waals surface area contributed by atoms with Crippen LogP contribution in [0.3, 0.4) is 0 Å². The van der Waals surface area contributed by atoms with E-state index in [1.165, 1.54) is 33.3 Å². The summed E-state index contributed by atoms with van der Waals surface area (Å²) in [4.78, 5) is 2.38. The molecule has 0 fully saturated rings. The Morgan fingerprint density at radius 1 is 1.06 bits per heavy atom. The first-order valence-electron chi connectivity index (χ1n) is 4.09. The van der Waals surface area contributed by atoms with Crippen LogP contribution in [0, 0.1) is 10.8 Å². The molecule has 1 aromatic heterocycles. The molecule has 0 radical (unpaired) electrons. The Hall–Kier alpha value is -0.370. The van der Waals surface area contributed by atoms with Crippen molar-refractivity contribution in [2.24, 2.45) is 11.5 Å². The van der Waals surface area contributed by atoms with Crippen molar-refractivity contribution in [2.45, 2.75) is 11.5 Å². The number of nitrogens with two attached hydrogens (primary N) is 2. The summed E-state index contributed by atoms with van der Waals surface area (Å²) in [5.74, 6) is 1.48. The zero-order valence-electron chi connectivity index (χ0n) is 8.33. The number of hydrogen-bond acceptors (Lipinski definition) is 5. The van der Waals surface area contributed by atoms with Crippen LogP contribution in [-0.2, 0) is 11.5 Å². The van der Waals surface area contributed by atoms with Crippen LogP contribution in [0.2, 0.25) is 0 Å². The van der Waals surface area contributed by atoms with Crippen LogP contribution in [0.15, 0.2) is 12.1 Å². The van der Waals surface area contributed by atoms with Gasteiger partial charge in [-0.15, -0.1) is 11.3 Å². The van der Waals surface area contributed by atoms with Gasteiger partial charge in [0.15, 0.2) is 10.3 Å². The fourth-order valence-electron chi connectivity index (χ4n) is 0.875. The van der Waals surface area contributed by atoms with Crippen LogP contribution in [0.1, 0.15) is 9.75 Å². The first kappa shape index (κ1) is 15.6. The minimum Gasteiger partial charge on any atom is -1.00 e. The second kappa shape index (κ2) is 7.83. The Bertz CT molecular complexity index is 333. The maximum atomic E-state index is 7.08. The monoisotopic (exact) mass is 295 g/mol. The van der Waals surface area contributed by atoms with Crippen LogP contribution in [0.5, 0.6) is 0 Å². The summed E-state index contributed by atoms with van der Waals surface area (Å²) >= 11 is 4.31. The fraction of sp³-hybridized carbons (Fsp3) is 0.250. The van der Waals surface area contributed by atoms with E-state index in [4.69, 9.17) is 22.3 Å². The quantitative estimate of drug-likeness (QED) is 0.423. The van der Waals surface area contributed by atoms with Crippen molar-refractivity contribution in [3.8, 4) is 0 Å². The maximum absolute atomic E-state index is 7.08. The average Bonchev–Trinajstić information content (AvgIpc) is 2.59. The summed E-state index contributed by atoms with van der Waals surface area (Å²) in [5, 5.41) is 14.5. The van der Waals surface area contributed by atoms with Gasteiger partial charge < -0.3 is 23.9 Å². The van der Waals surface area contributed by atoms with Crippen LogP contribution in [-0.4, -0.2) is 10.3 Å². The van der Waals surface area contributed by atoms with Gasteiger partial charge in [-0.3, -0.25) is 10.8 Å². The third-order valence-electron chi connectivity index (χ3n) is 1.46. The van der Waals surface area contributed by atoms with E-state index < -0.39 is 0 Å². The van der Waals surface area contributed by atoms with Crippen LogP contribution >= 0.6 is 34.9 Å². The summed E-state index contributed by atoms with van der Waals surface area (Å²) in [6.45, 7) is 0. The summed E-state index contributed by atoms with van der Waals surface area (Å²) in [5.41, 5.74) is 10.5. The van der Waals surface area contributed by atoms with Crippen LogP contribution in [0.25, 0.3) is 0 Å². The number of nitrogens with one attached hydrogen (secondary N) is 2. The van der Waals surface area contributed by atoms with Gasteiger partial charge in [0.1, 0.15) is 0 Å². The number of hydrogen-bond donors (Lipinski definition) is 4. The van der Waals surface area contributed by atoms with Gasteiger partial charge in [-0.1, -0.05) is 23.5 Å². The SMILES string of the molecule is N=C(N)SCc1ccc(CSC(=N)N)s1.[Cl-]. The smallest absolute Gasteiger partial charge is 0.151 e. The molecule has 1 heterocycles. The first-order chi connectivity index (χ1) is 7.08. The van der Waals surface area contributed by atoms with E-state index >= 15 is 0 Å². The number of rotatable bonds is 4. The molecule has 0 saturated heterocycles. The van der Waals surface area contributed by atoms with Crippen molar-refractivity contribution in [3.05, 3.63) is 21.9 Å². The summed E-state index contributed by atoms with van der Waals surface area (Å²) in [6, 6.07) is 4.05. The topological polar surface area (TPSA) is 99.7 Å². The lowest BCUT2D eigenvalue weighted by molar-refractivity contribution is -0.00000362. The summed E-state index contributed by atoms with van der Waals surface area (Å²) < 4.78 is 0. The predicted octanol–water partition coefficient (Wildman–Crippen LogP) is -0.995. The van der Waals surface area contributed by atoms with Gasteiger partial charge in [0, 0.05) is 21.3 Å². The second-order valence-electron chi connectivity index (χ2n) is 2.67. The molecule has 0 aliphatic carbocycles. The highest BCUT2D eigenvalue weighted by molar-refractivity contribution is 8.13. The van der Waals surface area contributed by atoms with Crippen molar-refractivity contribution in [2.75, 3.05) is 0 Å². The highest BCUT2D eigenvalue weighted by atomic mass is 35.5. The highest BCUT2D eigenvalue weighted by Gasteiger charge is 2.02. The zero-order chi connectivity index (χ0) is 11.3. The molecule has 0 aliphatic heterocycles. The molecular weight excluding hydrogens is 284 g/mol. The van der Waals surface area contributed by atoms with E-state index in [-0.39, 0.29) is 22.7 Å². The molecular formula is C8H12ClN4S3-. The molecule has 0 amide bonds. The Morgan fingerprint density at radius 2 is 1.44 bits per heavy atom. The van der Waals surface area contributed by atoms with Gasteiger partial charge in [0.2, 0.25) is 0 Å². The molecule has 0 spiro atoms. The number of amidine groups is 2.